The molecule has 0 fully saturated rings. The molecule has 4 aromatic rings. The van der Waals surface area contributed by atoms with Crippen molar-refractivity contribution in [1.29, 1.82) is 0 Å². The third-order valence-corrected chi connectivity index (χ3v) is 8.55. The lowest BCUT2D eigenvalue weighted by molar-refractivity contribution is -0.671. The van der Waals surface area contributed by atoms with Crippen LogP contribution >= 0.6 is 0 Å². The van der Waals surface area contributed by atoms with Crippen LogP contribution in [0.25, 0.3) is 22.6 Å². The first kappa shape index (κ1) is 29.1. The first-order valence-corrected chi connectivity index (χ1v) is 15.4. The van der Waals surface area contributed by atoms with E-state index in [-0.39, 0.29) is 12.7 Å². The zero-order valence-electron chi connectivity index (χ0n) is 26.0. The zero-order chi connectivity index (χ0) is 30.6. The molecule has 0 bridgehead atoms. The summed E-state index contributed by atoms with van der Waals surface area (Å²) < 4.78 is 10.1. The van der Waals surface area contributed by atoms with E-state index in [0.29, 0.717) is 0 Å². The third kappa shape index (κ3) is 5.80. The average Bonchev–Trinajstić information content (AvgIpc) is 3.45. The van der Waals surface area contributed by atoms with Gasteiger partial charge in [0, 0.05) is 60.9 Å². The molecule has 44 heavy (non-hydrogen) atoms. The predicted octanol–water partition coefficient (Wildman–Crippen LogP) is 7.11. The summed E-state index contributed by atoms with van der Waals surface area (Å²) >= 11 is 0. The molecule has 0 saturated heterocycles. The van der Waals surface area contributed by atoms with Gasteiger partial charge in [-0.15, -0.1) is 0 Å². The number of fused-ring (bicyclic) bond motifs is 2. The minimum Gasteiger partial charge on any atom is -0.444 e. The zero-order valence-corrected chi connectivity index (χ0v) is 26.0. The van der Waals surface area contributed by atoms with Crippen molar-refractivity contribution < 1.29 is 18.7 Å². The van der Waals surface area contributed by atoms with Crippen LogP contribution in [-0.4, -0.2) is 24.6 Å². The molecular weight excluding hydrogens is 544 g/mol. The van der Waals surface area contributed by atoms with Gasteiger partial charge in [0.25, 0.3) is 0 Å². The Morgan fingerprint density at radius 1 is 0.955 bits per heavy atom. The Balaban J connectivity index is 1.42. The van der Waals surface area contributed by atoms with Crippen LogP contribution in [0.1, 0.15) is 43.4 Å². The van der Waals surface area contributed by atoms with E-state index >= 15 is 0 Å². The van der Waals surface area contributed by atoms with Gasteiger partial charge in [-0.25, -0.2) is 9.36 Å². The summed E-state index contributed by atoms with van der Waals surface area (Å²) in [5.41, 5.74) is 10.0. The molecular formula is C38H40N4O2+2. The van der Waals surface area contributed by atoms with Gasteiger partial charge in [0.05, 0.1) is 11.1 Å². The van der Waals surface area contributed by atoms with Crippen molar-refractivity contribution in [1.82, 2.24) is 4.90 Å². The Hall–Kier alpha value is -4.97. The van der Waals surface area contributed by atoms with Gasteiger partial charge in [0.15, 0.2) is 18.6 Å². The van der Waals surface area contributed by atoms with Crippen LogP contribution in [0.15, 0.2) is 121 Å². The molecule has 1 aliphatic heterocycles. The maximum absolute atomic E-state index is 13.6. The summed E-state index contributed by atoms with van der Waals surface area (Å²) in [4.78, 5) is 17.5. The number of likely N-dealkylation sites (N-methyl/N-ethyl adjacent to an activating group) is 1. The summed E-state index contributed by atoms with van der Waals surface area (Å²) in [6.45, 7) is 6.35. The van der Waals surface area contributed by atoms with Crippen molar-refractivity contribution in [3.63, 3.8) is 0 Å². The SMILES string of the molecule is CCN1C=C/C(=C/C2=C(N(C)C(=O)OCc3cc[n+](C)cc3)C(=C/c3cc[n+](CC)c4ccccc34)/CC2)c2ccccc21. The minimum atomic E-state index is -0.365. The van der Waals surface area contributed by atoms with E-state index in [1.54, 1.807) is 4.90 Å². The number of hydrogen-bond donors (Lipinski definition) is 0. The van der Waals surface area contributed by atoms with Crippen LogP contribution in [0.2, 0.25) is 0 Å². The number of rotatable bonds is 7. The third-order valence-electron chi connectivity index (χ3n) is 8.55. The number of carbonyl (C=O) groups is 1. The number of aromatic nitrogens is 2. The number of benzene rings is 2. The molecule has 6 nitrogen and oxygen atoms in total. The monoisotopic (exact) mass is 584 g/mol. The summed E-state index contributed by atoms with van der Waals surface area (Å²) in [5, 5.41) is 1.20. The van der Waals surface area contributed by atoms with E-state index in [1.807, 2.05) is 43.2 Å². The van der Waals surface area contributed by atoms with E-state index < -0.39 is 0 Å². The second-order valence-electron chi connectivity index (χ2n) is 11.3. The molecule has 0 radical (unpaired) electrons. The Labute approximate surface area is 260 Å². The fraction of sp³-hybridized carbons (Fsp3) is 0.237. The number of amides is 1. The fourth-order valence-electron chi connectivity index (χ4n) is 6.18. The Morgan fingerprint density at radius 2 is 1.73 bits per heavy atom. The van der Waals surface area contributed by atoms with Gasteiger partial charge in [-0.2, -0.15) is 4.57 Å². The highest BCUT2D eigenvalue weighted by Gasteiger charge is 2.28. The van der Waals surface area contributed by atoms with E-state index in [2.05, 4.69) is 109 Å². The van der Waals surface area contributed by atoms with Gasteiger partial charge in [-0.1, -0.05) is 30.3 Å². The highest BCUT2D eigenvalue weighted by Crippen LogP contribution is 2.40. The molecule has 0 spiro atoms. The molecule has 2 aromatic heterocycles. The molecule has 2 aliphatic rings. The number of carbonyl (C=O) groups excluding carboxylic acids is 1. The molecule has 0 saturated carbocycles. The number of allylic oxidation sites excluding steroid dienone is 5. The lowest BCUT2D eigenvalue weighted by Gasteiger charge is -2.27. The molecule has 3 heterocycles. The average molecular weight is 585 g/mol. The smallest absolute Gasteiger partial charge is 0.414 e. The van der Waals surface area contributed by atoms with Crippen LogP contribution in [0, 0.1) is 0 Å². The Bertz CT molecular complexity index is 1830. The first-order chi connectivity index (χ1) is 21.5. The molecule has 2 aromatic carbocycles. The van der Waals surface area contributed by atoms with Gasteiger partial charge in [-0.3, -0.25) is 4.90 Å². The number of hydrogen-bond acceptors (Lipinski definition) is 3. The minimum absolute atomic E-state index is 0.218. The van der Waals surface area contributed by atoms with E-state index in [4.69, 9.17) is 4.74 Å². The van der Waals surface area contributed by atoms with Crippen LogP contribution in [0.5, 0.6) is 0 Å². The second kappa shape index (κ2) is 12.7. The van der Waals surface area contributed by atoms with Gasteiger partial charge in [0.2, 0.25) is 5.52 Å². The largest absolute Gasteiger partial charge is 0.444 e. The maximum Gasteiger partial charge on any atom is 0.414 e. The van der Waals surface area contributed by atoms with E-state index in [1.165, 1.54) is 22.2 Å². The molecule has 222 valence electrons. The molecule has 0 unspecified atom stereocenters. The van der Waals surface area contributed by atoms with E-state index in [9.17, 15) is 4.79 Å². The van der Waals surface area contributed by atoms with Crippen LogP contribution in [-0.2, 0) is 24.9 Å². The molecule has 6 heteroatoms. The topological polar surface area (TPSA) is 40.5 Å². The predicted molar refractivity (Wildman–Crippen MR) is 176 cm³/mol. The standard InChI is InChI=1S/C38H40N4O2/c1-5-41-23-19-29(33-11-7-9-13-35(33)41)25-31-15-16-32(26-30-20-24-42(6-2)36-14-10-8-12-34(30)36)37(31)40(4)38(43)44-27-28-17-21-39(3)22-18-28/h7-14,17-26H,5-6,15-16,27H2,1-4H3/q+2. The molecule has 6 rings (SSSR count). The van der Waals surface area contributed by atoms with Crippen molar-refractivity contribution in [2.24, 2.45) is 7.05 Å². The van der Waals surface area contributed by atoms with Crippen molar-refractivity contribution in [2.45, 2.75) is 39.8 Å². The first-order valence-electron chi connectivity index (χ1n) is 15.4. The number of pyridine rings is 2. The number of nitrogens with zero attached hydrogens (tertiary/aromatic N) is 4. The van der Waals surface area contributed by atoms with Crippen molar-refractivity contribution in [3.8, 4) is 0 Å². The quantitative estimate of drug-likeness (QED) is 0.218. The fourth-order valence-corrected chi connectivity index (χ4v) is 6.18. The second-order valence-corrected chi connectivity index (χ2v) is 11.3. The number of ether oxygens (including phenoxy) is 1. The van der Waals surface area contributed by atoms with Crippen molar-refractivity contribution >= 4 is 34.3 Å². The summed E-state index contributed by atoms with van der Waals surface area (Å²) in [6, 6.07) is 23.2. The Kier molecular flexibility index (Phi) is 8.42. The molecule has 1 amide bonds. The maximum atomic E-state index is 13.6. The summed E-state index contributed by atoms with van der Waals surface area (Å²) in [5.74, 6) is 0. The van der Waals surface area contributed by atoms with Crippen molar-refractivity contribution in [3.05, 3.63) is 137 Å². The molecule has 0 atom stereocenters. The highest BCUT2D eigenvalue weighted by atomic mass is 16.6. The number of para-hydroxylation sites is 2. The van der Waals surface area contributed by atoms with Crippen LogP contribution in [0.3, 0.4) is 0 Å². The molecule has 1 aliphatic carbocycles. The van der Waals surface area contributed by atoms with Gasteiger partial charge in [-0.05, 0) is 79.3 Å². The summed E-state index contributed by atoms with van der Waals surface area (Å²) in [6.07, 6.45) is 16.2. The lowest BCUT2D eigenvalue weighted by atomic mass is 9.97. The van der Waals surface area contributed by atoms with Gasteiger partial charge < -0.3 is 9.64 Å². The number of anilines is 1. The van der Waals surface area contributed by atoms with Gasteiger partial charge >= 0.3 is 6.09 Å². The summed E-state index contributed by atoms with van der Waals surface area (Å²) in [7, 11) is 3.80. The van der Waals surface area contributed by atoms with Gasteiger partial charge in [0.1, 0.15) is 20.2 Å². The van der Waals surface area contributed by atoms with E-state index in [0.717, 1.165) is 59.5 Å². The Morgan fingerprint density at radius 3 is 2.52 bits per heavy atom. The normalized spacial score (nSPS) is 16.2. The highest BCUT2D eigenvalue weighted by molar-refractivity contribution is 5.89. The lowest BCUT2D eigenvalue weighted by Crippen LogP contribution is -2.32. The molecule has 0 N–H and O–H groups in total. The van der Waals surface area contributed by atoms with Crippen LogP contribution < -0.4 is 14.0 Å². The number of aryl methyl sites for hydroxylation is 2. The van der Waals surface area contributed by atoms with Crippen molar-refractivity contribution in [2.75, 3.05) is 18.5 Å². The van der Waals surface area contributed by atoms with Crippen LogP contribution in [0.4, 0.5) is 10.5 Å².